The highest BCUT2D eigenvalue weighted by molar-refractivity contribution is 7.90. The van der Waals surface area contributed by atoms with Crippen LogP contribution in [0, 0.1) is 62.6 Å². The molecule has 0 atom stereocenters. The molecule has 3 aliphatic rings. The minimum absolute atomic E-state index is 0.0228. The van der Waals surface area contributed by atoms with Crippen molar-refractivity contribution in [3.05, 3.63) is 189 Å². The number of rotatable bonds is 11. The van der Waals surface area contributed by atoms with Crippen LogP contribution >= 0.6 is 0 Å². The van der Waals surface area contributed by atoms with Crippen molar-refractivity contribution in [3.8, 4) is 22.5 Å². The zero-order chi connectivity index (χ0) is 66.2. The molecule has 0 aliphatic carbocycles. The van der Waals surface area contributed by atoms with Gasteiger partial charge in [0.15, 0.2) is 11.6 Å². The number of nitrogens with zero attached hydrogens (tertiary/aromatic N) is 7. The fourth-order valence-electron chi connectivity index (χ4n) is 10.3. The number of amides is 7. The first kappa shape index (κ1) is 64.5. The largest absolute Gasteiger partial charge is 0.444 e. The van der Waals surface area contributed by atoms with E-state index in [-0.39, 0.29) is 64.8 Å². The Morgan fingerprint density at radius 1 is 0.565 bits per heavy atom. The number of carbonyl (C=O) groups excluding carboxylic acids is 5. The molecule has 1 fully saturated rings. The topological polar surface area (TPSA) is 250 Å². The van der Waals surface area contributed by atoms with Gasteiger partial charge in [0.2, 0.25) is 20.9 Å². The lowest BCUT2D eigenvalue weighted by Gasteiger charge is -2.34. The molecule has 0 spiro atoms. The standard InChI is InChI=1S/C37H38F3N7O4.C28H22F3N5O4S/c1-20-10-12-24(42-33(48)22-11-9-21(2)29(40)17-22)18-25(20)30-26-19-41-35(49)47(31-27(38)7-6-8-28(31)39)32(26)45-34(44-30)43-23-13-15-46(16-14-23)36(50)51-37(3,4)5;1-14-8-10-17(33-26(37)16-9-7-15(2)22(31)11-16)12-18(14)23-19-13-32-28(38)36(24-20(29)5-4-6-21(24)30)25(19)35-27(34-23)41(3,39)40/h6-12,17-18,23H,13-16,19H2,1-5H3,(H,41,49)(H,42,48)(H,43,44,45);4-12H,13H2,1-3H3,(H,32,38)(H,33,37). The lowest BCUT2D eigenvalue weighted by molar-refractivity contribution is 0.0210. The number of likely N-dealkylation sites (tertiary alicyclic amines) is 1. The van der Waals surface area contributed by atoms with Crippen LogP contribution in [0.2, 0.25) is 0 Å². The Morgan fingerprint density at radius 3 is 1.41 bits per heavy atom. The molecule has 8 aromatic rings. The second kappa shape index (κ2) is 25.8. The molecule has 0 bridgehead atoms. The van der Waals surface area contributed by atoms with E-state index in [9.17, 15) is 50.0 Å². The highest BCUT2D eigenvalue weighted by Crippen LogP contribution is 2.42. The molecule has 7 amide bonds. The number of urea groups is 2. The van der Waals surface area contributed by atoms with Gasteiger partial charge in [-0.15, -0.1) is 0 Å². The number of hydrogen-bond acceptors (Lipinski definition) is 13. The van der Waals surface area contributed by atoms with Crippen molar-refractivity contribution in [2.24, 2.45) is 0 Å². The first-order chi connectivity index (χ1) is 43.5. The maximum atomic E-state index is 15.2. The van der Waals surface area contributed by atoms with E-state index in [1.807, 2.05) is 6.92 Å². The van der Waals surface area contributed by atoms with Gasteiger partial charge in [0.05, 0.1) is 24.5 Å². The number of hydrogen-bond donors (Lipinski definition) is 5. The summed E-state index contributed by atoms with van der Waals surface area (Å²) in [5, 5.41) is 13.3. The third-order valence-corrected chi connectivity index (χ3v) is 16.0. The van der Waals surface area contributed by atoms with Crippen LogP contribution in [0.4, 0.5) is 81.1 Å². The monoisotopic (exact) mass is 1280 g/mol. The third-order valence-electron chi connectivity index (χ3n) is 15.1. The van der Waals surface area contributed by atoms with Gasteiger partial charge in [-0.1, -0.05) is 36.4 Å². The lowest BCUT2D eigenvalue weighted by atomic mass is 9.99. The first-order valence-electron chi connectivity index (χ1n) is 28.7. The van der Waals surface area contributed by atoms with Gasteiger partial charge in [0.1, 0.15) is 51.9 Å². The van der Waals surface area contributed by atoms with Gasteiger partial charge in [-0.2, -0.15) is 9.97 Å². The van der Waals surface area contributed by atoms with E-state index in [1.165, 1.54) is 36.4 Å². The quantitative estimate of drug-likeness (QED) is 0.0598. The Morgan fingerprint density at radius 2 is 0.989 bits per heavy atom. The van der Waals surface area contributed by atoms with Crippen LogP contribution in [0.5, 0.6) is 0 Å². The van der Waals surface area contributed by atoms with Gasteiger partial charge in [0.25, 0.3) is 11.8 Å². The van der Waals surface area contributed by atoms with Crippen LogP contribution in [0.3, 0.4) is 0 Å². The second-order valence-electron chi connectivity index (χ2n) is 23.0. The van der Waals surface area contributed by atoms with Gasteiger partial charge in [0, 0.05) is 70.1 Å². The summed E-state index contributed by atoms with van der Waals surface area (Å²) in [6.07, 6.45) is 1.51. The number of sulfone groups is 1. The predicted octanol–water partition coefficient (Wildman–Crippen LogP) is 12.8. The van der Waals surface area contributed by atoms with Crippen molar-refractivity contribution in [2.45, 2.75) is 91.2 Å². The molecular weight excluding hydrogens is 1220 g/mol. The number of aryl methyl sites for hydroxylation is 4. The molecule has 2 aromatic heterocycles. The molecule has 5 heterocycles. The van der Waals surface area contributed by atoms with Crippen LogP contribution < -0.4 is 36.4 Å². The fraction of sp³-hybridized carbons (Fsp3) is 0.246. The summed E-state index contributed by atoms with van der Waals surface area (Å²) in [6.45, 7) is 12.7. The highest BCUT2D eigenvalue weighted by Gasteiger charge is 2.38. The van der Waals surface area contributed by atoms with Crippen LogP contribution in [0.25, 0.3) is 22.5 Å². The Hall–Kier alpha value is -10.4. The molecule has 0 unspecified atom stereocenters. The number of para-hydroxylation sites is 2. The number of benzene rings is 6. The minimum atomic E-state index is -4.07. The summed E-state index contributed by atoms with van der Waals surface area (Å²) in [4.78, 5) is 85.7. The summed E-state index contributed by atoms with van der Waals surface area (Å²) < 4.78 is 119. The van der Waals surface area contributed by atoms with Crippen LogP contribution in [-0.4, -0.2) is 94.2 Å². The van der Waals surface area contributed by atoms with Crippen molar-refractivity contribution in [3.63, 3.8) is 0 Å². The molecule has 11 rings (SSSR count). The number of halogens is 6. The van der Waals surface area contributed by atoms with E-state index in [2.05, 4.69) is 41.5 Å². The molecule has 0 saturated carbocycles. The summed E-state index contributed by atoms with van der Waals surface area (Å²) in [7, 11) is -4.07. The van der Waals surface area contributed by atoms with Crippen LogP contribution in [-0.2, 0) is 27.7 Å². The number of aromatic nitrogens is 4. The van der Waals surface area contributed by atoms with Crippen LogP contribution in [0.1, 0.15) is 87.7 Å². The highest BCUT2D eigenvalue weighted by atomic mass is 32.2. The molecule has 20 nitrogen and oxygen atoms in total. The Labute approximate surface area is 524 Å². The molecule has 92 heavy (non-hydrogen) atoms. The SMILES string of the molecule is Cc1ccc(C(=O)Nc2ccc(C)c(-c3nc(NC4CCN(C(=O)OC(C)(C)C)CC4)nc4c3CNC(=O)N4c3c(F)cccc3F)c2)cc1F.Cc1ccc(C(=O)Nc2ccc(C)c(-c3nc(S(C)(=O)=O)nc4c3CNC(=O)N4c3c(F)cccc3F)c2)cc1F. The van der Waals surface area contributed by atoms with Gasteiger partial charge >= 0.3 is 18.2 Å². The Balaban J connectivity index is 0.000000206. The van der Waals surface area contributed by atoms with Gasteiger partial charge < -0.3 is 36.2 Å². The number of ether oxygens (including phenoxy) is 1. The average Bonchev–Trinajstić information content (AvgIpc) is 0.753. The van der Waals surface area contributed by atoms with E-state index in [0.29, 0.717) is 75.6 Å². The first-order valence-corrected chi connectivity index (χ1v) is 30.6. The molecule has 1 saturated heterocycles. The van der Waals surface area contributed by atoms with Gasteiger partial charge in [-0.3, -0.25) is 9.59 Å². The van der Waals surface area contributed by atoms with E-state index >= 15 is 8.78 Å². The van der Waals surface area contributed by atoms with Gasteiger partial charge in [-0.25, -0.2) is 68.9 Å². The molecule has 476 valence electrons. The fourth-order valence-corrected chi connectivity index (χ4v) is 10.8. The third kappa shape index (κ3) is 13.8. The number of piperidine rings is 1. The van der Waals surface area contributed by atoms with Crippen molar-refractivity contribution >= 4 is 80.1 Å². The Kier molecular flexibility index (Phi) is 18.1. The summed E-state index contributed by atoms with van der Waals surface area (Å²) in [5.41, 5.74) is 2.94. The number of anilines is 7. The molecule has 6 aromatic carbocycles. The maximum absolute atomic E-state index is 15.2. The summed E-state index contributed by atoms with van der Waals surface area (Å²) in [5.74, 6) is -6.46. The smallest absolute Gasteiger partial charge is 0.410 e. The predicted molar refractivity (Wildman–Crippen MR) is 332 cm³/mol. The molecule has 0 radical (unpaired) electrons. The molecule has 3 aliphatic heterocycles. The van der Waals surface area contributed by atoms with Crippen LogP contribution in [0.15, 0.2) is 114 Å². The number of nitrogens with one attached hydrogen (secondary N) is 5. The van der Waals surface area contributed by atoms with E-state index in [1.54, 1.807) is 76.8 Å². The number of carbonyl (C=O) groups is 5. The van der Waals surface area contributed by atoms with Crippen molar-refractivity contribution in [1.29, 1.82) is 0 Å². The number of fused-ring (bicyclic) bond motifs is 2. The second-order valence-corrected chi connectivity index (χ2v) is 24.9. The van der Waals surface area contributed by atoms with Gasteiger partial charge in [-0.05, 0) is 156 Å². The maximum Gasteiger partial charge on any atom is 0.410 e. The van der Waals surface area contributed by atoms with Crippen molar-refractivity contribution in [1.82, 2.24) is 35.5 Å². The van der Waals surface area contributed by atoms with E-state index < -0.39 is 96.8 Å². The summed E-state index contributed by atoms with van der Waals surface area (Å²) >= 11 is 0. The normalized spacial score (nSPS) is 14.0. The van der Waals surface area contributed by atoms with E-state index in [0.717, 1.165) is 59.2 Å². The zero-order valence-electron chi connectivity index (χ0n) is 50.8. The molecule has 27 heteroatoms. The van der Waals surface area contributed by atoms with Crippen molar-refractivity contribution in [2.75, 3.05) is 45.1 Å². The average molecular weight is 1280 g/mol. The zero-order valence-corrected chi connectivity index (χ0v) is 51.6. The lowest BCUT2D eigenvalue weighted by Crippen LogP contribution is -2.45. The Bertz CT molecular complexity index is 4410. The molecule has 5 N–H and O–H groups in total. The van der Waals surface area contributed by atoms with Crippen molar-refractivity contribution < 1.29 is 63.5 Å². The van der Waals surface area contributed by atoms with E-state index in [4.69, 9.17) is 9.72 Å². The molecular formula is C65H60F6N12O8S. The minimum Gasteiger partial charge on any atom is -0.444 e. The summed E-state index contributed by atoms with van der Waals surface area (Å²) in [6, 6.07) is 22.6.